The van der Waals surface area contributed by atoms with Crippen molar-refractivity contribution in [3.63, 3.8) is 0 Å². The molecule has 0 aliphatic rings. The minimum absolute atomic E-state index is 0. The Morgan fingerprint density at radius 1 is 0.795 bits per heavy atom. The summed E-state index contributed by atoms with van der Waals surface area (Å²) in [6.45, 7) is 4.20. The van der Waals surface area contributed by atoms with E-state index >= 15 is 0 Å². The fourth-order valence-corrected chi connectivity index (χ4v) is 4.48. The topological polar surface area (TPSA) is 38.1 Å². The number of rotatable bonds is 6. The van der Waals surface area contributed by atoms with E-state index in [0.29, 0.717) is 5.56 Å². The zero-order chi connectivity index (χ0) is 26.9. The first-order chi connectivity index (χ1) is 18.2. The molecule has 0 fully saturated rings. The summed E-state index contributed by atoms with van der Waals surface area (Å²) < 4.78 is 43.9. The molecule has 200 valence electrons. The monoisotopic (exact) mass is 529 g/mol. The van der Waals surface area contributed by atoms with Crippen LogP contribution < -0.4 is 4.90 Å². The Kier molecular flexibility index (Phi) is 7.90. The van der Waals surface area contributed by atoms with Crippen molar-refractivity contribution in [3.05, 3.63) is 130 Å². The largest absolute Gasteiger partial charge is 0.418 e. The number of amides is 1. The van der Waals surface area contributed by atoms with E-state index < -0.39 is 11.7 Å². The fraction of sp³-hybridized carbons (Fsp3) is 0.188. The van der Waals surface area contributed by atoms with Crippen molar-refractivity contribution in [2.75, 3.05) is 4.90 Å². The number of aryl methyl sites for hydroxylation is 2. The molecule has 1 amide bonds. The molecule has 0 radical (unpaired) electrons. The number of halogens is 3. The van der Waals surface area contributed by atoms with Crippen LogP contribution in [-0.2, 0) is 19.3 Å². The SMILES string of the molecule is C.Cc1ccc(CN(C(=O)c2ccccc2)c2nn(Cc3ccc(C)cc3)c3c(C(F)(F)F)cccc23)cc1. The summed E-state index contributed by atoms with van der Waals surface area (Å²) in [4.78, 5) is 15.3. The van der Waals surface area contributed by atoms with Crippen molar-refractivity contribution in [1.29, 1.82) is 0 Å². The molecule has 0 atom stereocenters. The highest BCUT2D eigenvalue weighted by molar-refractivity contribution is 6.10. The Bertz CT molecular complexity index is 1570. The summed E-state index contributed by atoms with van der Waals surface area (Å²) in [6, 6.07) is 28.0. The number of fused-ring (bicyclic) bond motifs is 1. The van der Waals surface area contributed by atoms with E-state index in [0.717, 1.165) is 28.3 Å². The predicted molar refractivity (Wildman–Crippen MR) is 150 cm³/mol. The number of hydrogen-bond acceptors (Lipinski definition) is 2. The van der Waals surface area contributed by atoms with E-state index in [-0.39, 0.29) is 43.1 Å². The summed E-state index contributed by atoms with van der Waals surface area (Å²) in [5, 5.41) is 4.93. The first kappa shape index (κ1) is 27.6. The van der Waals surface area contributed by atoms with Gasteiger partial charge >= 0.3 is 6.18 Å². The number of carbonyl (C=O) groups excluding carboxylic acids is 1. The highest BCUT2D eigenvalue weighted by Crippen LogP contribution is 2.39. The average molecular weight is 530 g/mol. The number of benzene rings is 4. The molecular formula is C32H30F3N3O. The molecule has 0 saturated heterocycles. The van der Waals surface area contributed by atoms with Crippen molar-refractivity contribution in [2.45, 2.75) is 40.5 Å². The third kappa shape index (κ3) is 5.87. The molecule has 7 heteroatoms. The molecule has 1 heterocycles. The average Bonchev–Trinajstić information content (AvgIpc) is 3.27. The molecule has 4 nitrogen and oxygen atoms in total. The minimum Gasteiger partial charge on any atom is -0.286 e. The Hall–Kier alpha value is -4.39. The molecule has 4 aromatic carbocycles. The van der Waals surface area contributed by atoms with Crippen LogP contribution in [0.4, 0.5) is 19.0 Å². The van der Waals surface area contributed by atoms with Crippen LogP contribution in [0, 0.1) is 13.8 Å². The Balaban J connectivity index is 0.00000353. The normalized spacial score (nSPS) is 11.3. The van der Waals surface area contributed by atoms with E-state index in [4.69, 9.17) is 0 Å². The second-order valence-corrected chi connectivity index (χ2v) is 9.41. The Morgan fingerprint density at radius 2 is 1.38 bits per heavy atom. The van der Waals surface area contributed by atoms with Gasteiger partial charge in [-0.3, -0.25) is 14.4 Å². The molecule has 5 aromatic rings. The maximum atomic E-state index is 14.2. The summed E-state index contributed by atoms with van der Waals surface area (Å²) in [5.41, 5.74) is 3.35. The molecule has 5 rings (SSSR count). The molecule has 39 heavy (non-hydrogen) atoms. The molecule has 0 aliphatic heterocycles. The van der Waals surface area contributed by atoms with Crippen LogP contribution in [0.3, 0.4) is 0 Å². The predicted octanol–water partition coefficient (Wildman–Crippen LogP) is 8.20. The van der Waals surface area contributed by atoms with Crippen LogP contribution in [0.15, 0.2) is 97.1 Å². The second-order valence-electron chi connectivity index (χ2n) is 9.41. The third-order valence-electron chi connectivity index (χ3n) is 6.49. The first-order valence-electron chi connectivity index (χ1n) is 12.3. The van der Waals surface area contributed by atoms with Gasteiger partial charge in [0.2, 0.25) is 0 Å². The van der Waals surface area contributed by atoms with Gasteiger partial charge in [0.15, 0.2) is 5.82 Å². The molecule has 0 saturated carbocycles. The van der Waals surface area contributed by atoms with E-state index in [1.54, 1.807) is 30.3 Å². The quantitative estimate of drug-likeness (QED) is 0.222. The van der Waals surface area contributed by atoms with Gasteiger partial charge in [-0.15, -0.1) is 0 Å². The van der Waals surface area contributed by atoms with Gasteiger partial charge in [0, 0.05) is 10.9 Å². The highest BCUT2D eigenvalue weighted by Gasteiger charge is 2.36. The zero-order valence-corrected chi connectivity index (χ0v) is 21.0. The lowest BCUT2D eigenvalue weighted by molar-refractivity contribution is -0.136. The second kappa shape index (κ2) is 11.2. The molecule has 0 aliphatic carbocycles. The van der Waals surface area contributed by atoms with Crippen molar-refractivity contribution >= 4 is 22.6 Å². The number of hydrogen-bond donors (Lipinski definition) is 0. The lowest BCUT2D eigenvalue weighted by Gasteiger charge is -2.21. The van der Waals surface area contributed by atoms with Crippen molar-refractivity contribution < 1.29 is 18.0 Å². The van der Waals surface area contributed by atoms with Gasteiger partial charge in [0.25, 0.3) is 5.91 Å². The number of aromatic nitrogens is 2. The van der Waals surface area contributed by atoms with Crippen LogP contribution in [0.25, 0.3) is 10.9 Å². The van der Waals surface area contributed by atoms with Crippen molar-refractivity contribution in [2.24, 2.45) is 0 Å². The maximum absolute atomic E-state index is 14.2. The molecular weight excluding hydrogens is 499 g/mol. The van der Waals surface area contributed by atoms with E-state index in [2.05, 4.69) is 5.10 Å². The molecule has 0 bridgehead atoms. The summed E-state index contributed by atoms with van der Waals surface area (Å²) in [7, 11) is 0. The number of para-hydroxylation sites is 1. The van der Waals surface area contributed by atoms with Gasteiger partial charge in [0.05, 0.1) is 24.2 Å². The van der Waals surface area contributed by atoms with Gasteiger partial charge < -0.3 is 0 Å². The summed E-state index contributed by atoms with van der Waals surface area (Å²) in [5.74, 6) is -0.155. The maximum Gasteiger partial charge on any atom is 0.418 e. The summed E-state index contributed by atoms with van der Waals surface area (Å²) in [6.07, 6.45) is -4.59. The standard InChI is InChI=1S/C31H26F3N3O.CH4/c1-21-11-15-23(16-12-21)19-36(30(38)25-7-4-3-5-8-25)29-26-9-6-10-27(31(32,33)34)28(26)37(35-29)20-24-17-13-22(2)14-18-24;/h3-18H,19-20H2,1-2H3;1H4. The van der Waals surface area contributed by atoms with Crippen LogP contribution in [-0.4, -0.2) is 15.7 Å². The number of alkyl halides is 3. The van der Waals surface area contributed by atoms with Crippen LogP contribution in [0.2, 0.25) is 0 Å². The highest BCUT2D eigenvalue weighted by atomic mass is 19.4. The molecule has 1 aromatic heterocycles. The molecule has 0 spiro atoms. The first-order valence-corrected chi connectivity index (χ1v) is 12.3. The van der Waals surface area contributed by atoms with Crippen LogP contribution in [0.1, 0.15) is 45.6 Å². The number of nitrogens with zero attached hydrogens (tertiary/aromatic N) is 3. The third-order valence-corrected chi connectivity index (χ3v) is 6.49. The lowest BCUT2D eigenvalue weighted by atomic mass is 10.1. The van der Waals surface area contributed by atoms with Gasteiger partial charge in [0.1, 0.15) is 0 Å². The van der Waals surface area contributed by atoms with Crippen LogP contribution in [0.5, 0.6) is 0 Å². The number of carbonyl (C=O) groups is 1. The van der Waals surface area contributed by atoms with E-state index in [9.17, 15) is 18.0 Å². The van der Waals surface area contributed by atoms with E-state index in [1.807, 2.05) is 68.4 Å². The van der Waals surface area contributed by atoms with Gasteiger partial charge in [-0.25, -0.2) is 0 Å². The number of anilines is 1. The summed E-state index contributed by atoms with van der Waals surface area (Å²) >= 11 is 0. The lowest BCUT2D eigenvalue weighted by Crippen LogP contribution is -2.31. The van der Waals surface area contributed by atoms with E-state index in [1.165, 1.54) is 15.6 Å². The molecule has 0 unspecified atom stereocenters. The molecule has 0 N–H and O–H groups in total. The van der Waals surface area contributed by atoms with Crippen molar-refractivity contribution in [1.82, 2.24) is 9.78 Å². The smallest absolute Gasteiger partial charge is 0.286 e. The van der Waals surface area contributed by atoms with Crippen molar-refractivity contribution in [3.8, 4) is 0 Å². The minimum atomic E-state index is -4.59. The van der Waals surface area contributed by atoms with Gasteiger partial charge in [-0.1, -0.05) is 91.3 Å². The Labute approximate surface area is 226 Å². The Morgan fingerprint density at radius 3 is 1.97 bits per heavy atom. The zero-order valence-electron chi connectivity index (χ0n) is 21.0. The van der Waals surface area contributed by atoms with Gasteiger partial charge in [-0.2, -0.15) is 18.3 Å². The fourth-order valence-electron chi connectivity index (χ4n) is 4.48. The van der Waals surface area contributed by atoms with Gasteiger partial charge in [-0.05, 0) is 49.2 Å². The van der Waals surface area contributed by atoms with Crippen LogP contribution >= 0.6 is 0 Å².